The third kappa shape index (κ3) is 5.38. The van der Waals surface area contributed by atoms with Crippen LogP contribution in [-0.4, -0.2) is 47.8 Å². The molecule has 1 aromatic carbocycles. The van der Waals surface area contributed by atoms with Crippen LogP contribution in [0.1, 0.15) is 40.0 Å². The van der Waals surface area contributed by atoms with Crippen LogP contribution in [0, 0.1) is 17.8 Å². The highest BCUT2D eigenvalue weighted by molar-refractivity contribution is 6.31. The first-order chi connectivity index (χ1) is 15.6. The molecule has 2 aliphatic rings. The predicted octanol–water partition coefficient (Wildman–Crippen LogP) is 3.58. The lowest BCUT2D eigenvalue weighted by molar-refractivity contribution is -0.164. The van der Waals surface area contributed by atoms with E-state index < -0.39 is 35.9 Å². The first kappa shape index (κ1) is 24.8. The molecule has 1 N–H and O–H groups in total. The Morgan fingerprint density at radius 2 is 1.73 bits per heavy atom. The van der Waals surface area contributed by atoms with Crippen molar-refractivity contribution >= 4 is 41.0 Å². The fraction of sp³-hybridized carbons (Fsp3) is 0.500. The number of rotatable bonds is 8. The molecular weight excluding hydrogens is 448 g/mol. The van der Waals surface area contributed by atoms with E-state index in [1.54, 1.807) is 12.1 Å². The molecule has 1 saturated heterocycles. The van der Waals surface area contributed by atoms with Crippen molar-refractivity contribution in [3.05, 3.63) is 35.4 Å². The van der Waals surface area contributed by atoms with Crippen molar-refractivity contribution in [1.29, 1.82) is 0 Å². The second-order valence-electron chi connectivity index (χ2n) is 8.76. The van der Waals surface area contributed by atoms with Gasteiger partial charge >= 0.3 is 5.97 Å². The van der Waals surface area contributed by atoms with Gasteiger partial charge in [-0.2, -0.15) is 0 Å². The fourth-order valence-corrected chi connectivity index (χ4v) is 4.38. The largest absolute Gasteiger partial charge is 0.495 e. The highest BCUT2D eigenvalue weighted by Gasteiger charge is 2.51. The van der Waals surface area contributed by atoms with Crippen LogP contribution in [0.25, 0.3) is 0 Å². The second-order valence-corrected chi connectivity index (χ2v) is 9.20. The van der Waals surface area contributed by atoms with Crippen molar-refractivity contribution in [1.82, 2.24) is 4.90 Å². The molecule has 1 aromatic rings. The summed E-state index contributed by atoms with van der Waals surface area (Å²) in [5.41, 5.74) is 0.332. The first-order valence-corrected chi connectivity index (χ1v) is 11.4. The maximum absolute atomic E-state index is 13.1. The molecule has 1 heterocycles. The zero-order chi connectivity index (χ0) is 24.3. The number of amides is 3. The summed E-state index contributed by atoms with van der Waals surface area (Å²) in [6.07, 6.45) is 3.82. The zero-order valence-corrected chi connectivity index (χ0v) is 19.9. The average Bonchev–Trinajstić information content (AvgIpc) is 3.02. The average molecular weight is 477 g/mol. The van der Waals surface area contributed by atoms with Gasteiger partial charge in [0.05, 0.1) is 24.6 Å². The van der Waals surface area contributed by atoms with Gasteiger partial charge in [-0.15, -0.1) is 0 Å². The maximum atomic E-state index is 13.1. The fourth-order valence-electron chi connectivity index (χ4n) is 4.21. The van der Waals surface area contributed by atoms with Crippen molar-refractivity contribution in [2.45, 2.75) is 52.2 Å². The van der Waals surface area contributed by atoms with E-state index in [0.29, 0.717) is 29.3 Å². The summed E-state index contributed by atoms with van der Waals surface area (Å²) in [4.78, 5) is 52.8. The summed E-state index contributed by atoms with van der Waals surface area (Å²) >= 11 is 6.00. The lowest BCUT2D eigenvalue weighted by Gasteiger charge is -2.27. The van der Waals surface area contributed by atoms with E-state index in [1.165, 1.54) is 20.1 Å². The van der Waals surface area contributed by atoms with Gasteiger partial charge in [0.25, 0.3) is 5.91 Å². The summed E-state index contributed by atoms with van der Waals surface area (Å²) < 4.78 is 10.6. The van der Waals surface area contributed by atoms with Gasteiger partial charge in [0, 0.05) is 5.02 Å². The van der Waals surface area contributed by atoms with Crippen LogP contribution < -0.4 is 10.1 Å². The number of likely N-dealkylation sites (tertiary alicyclic amines) is 1. The van der Waals surface area contributed by atoms with Crippen molar-refractivity contribution < 1.29 is 28.7 Å². The van der Waals surface area contributed by atoms with Gasteiger partial charge in [0.2, 0.25) is 11.8 Å². The number of hydrogen-bond donors (Lipinski definition) is 1. The minimum Gasteiger partial charge on any atom is -0.495 e. The molecule has 0 saturated carbocycles. The molecular formula is C24H29ClN2O6. The number of nitrogens with zero attached hydrogens (tertiary/aromatic N) is 1. The molecule has 178 valence electrons. The topological polar surface area (TPSA) is 102 Å². The van der Waals surface area contributed by atoms with E-state index in [9.17, 15) is 19.2 Å². The van der Waals surface area contributed by atoms with Gasteiger partial charge in [0.1, 0.15) is 11.8 Å². The molecule has 1 fully saturated rings. The lowest BCUT2D eigenvalue weighted by atomic mass is 9.85. The Morgan fingerprint density at radius 3 is 2.27 bits per heavy atom. The van der Waals surface area contributed by atoms with E-state index in [1.807, 2.05) is 26.0 Å². The first-order valence-electron chi connectivity index (χ1n) is 11.0. The lowest BCUT2D eigenvalue weighted by Crippen LogP contribution is -2.48. The molecule has 0 radical (unpaired) electrons. The van der Waals surface area contributed by atoms with E-state index in [2.05, 4.69) is 5.32 Å². The van der Waals surface area contributed by atoms with Gasteiger partial charge < -0.3 is 14.8 Å². The molecule has 1 aliphatic carbocycles. The highest BCUT2D eigenvalue weighted by Crippen LogP contribution is 2.37. The number of carbonyl (C=O) groups is 4. The zero-order valence-electron chi connectivity index (χ0n) is 19.2. The number of halogens is 1. The van der Waals surface area contributed by atoms with Crippen molar-refractivity contribution in [2.24, 2.45) is 17.8 Å². The van der Waals surface area contributed by atoms with Crippen LogP contribution in [0.3, 0.4) is 0 Å². The van der Waals surface area contributed by atoms with Crippen LogP contribution >= 0.6 is 11.6 Å². The number of imide groups is 1. The van der Waals surface area contributed by atoms with Gasteiger partial charge in [-0.3, -0.25) is 19.3 Å². The molecule has 9 heteroatoms. The predicted molar refractivity (Wildman–Crippen MR) is 123 cm³/mol. The van der Waals surface area contributed by atoms with Crippen LogP contribution in [0.4, 0.5) is 5.69 Å². The summed E-state index contributed by atoms with van der Waals surface area (Å²) in [5, 5.41) is 3.03. The summed E-state index contributed by atoms with van der Waals surface area (Å²) in [7, 11) is 1.45. The smallest absolute Gasteiger partial charge is 0.330 e. The molecule has 33 heavy (non-hydrogen) atoms. The number of esters is 1. The number of carbonyl (C=O) groups excluding carboxylic acids is 4. The second kappa shape index (κ2) is 10.4. The quantitative estimate of drug-likeness (QED) is 0.349. The van der Waals surface area contributed by atoms with Gasteiger partial charge in [-0.05, 0) is 50.3 Å². The minimum atomic E-state index is -1.17. The highest BCUT2D eigenvalue weighted by atomic mass is 35.5. The molecule has 3 rings (SSSR count). The van der Waals surface area contributed by atoms with Crippen LogP contribution in [0.2, 0.25) is 5.02 Å². The van der Waals surface area contributed by atoms with Crippen LogP contribution in [0.15, 0.2) is 30.4 Å². The van der Waals surface area contributed by atoms with Gasteiger partial charge in [-0.1, -0.05) is 37.6 Å². The number of anilines is 1. The van der Waals surface area contributed by atoms with Gasteiger partial charge in [-0.25, -0.2) is 4.79 Å². The van der Waals surface area contributed by atoms with E-state index in [-0.39, 0.29) is 24.2 Å². The summed E-state index contributed by atoms with van der Waals surface area (Å²) in [6, 6.07) is 3.66. The number of ether oxygens (including phenoxy) is 2. The van der Waals surface area contributed by atoms with Crippen molar-refractivity contribution in [3.8, 4) is 5.75 Å². The third-order valence-electron chi connectivity index (χ3n) is 5.90. The standard InChI is InChI=1S/C24H29ClN2O6/c1-13(2)11-19(27-22(29)16-7-5-6-8-17(16)23(27)30)24(31)33-14(3)21(28)26-18-12-15(25)9-10-20(18)32-4/h5-6,9-10,12-14,16-17,19H,7-8,11H2,1-4H3,(H,26,28). The Balaban J connectivity index is 1.74. The van der Waals surface area contributed by atoms with E-state index in [4.69, 9.17) is 21.1 Å². The normalized spacial score (nSPS) is 21.6. The van der Waals surface area contributed by atoms with Crippen LogP contribution in [0.5, 0.6) is 5.75 Å². The molecule has 3 amide bonds. The molecule has 0 aromatic heterocycles. The van der Waals surface area contributed by atoms with E-state index >= 15 is 0 Å². The Bertz CT molecular complexity index is 950. The molecule has 4 unspecified atom stereocenters. The number of benzene rings is 1. The third-order valence-corrected chi connectivity index (χ3v) is 6.14. The molecule has 0 spiro atoms. The van der Waals surface area contributed by atoms with E-state index in [0.717, 1.165) is 4.90 Å². The number of fused-ring (bicyclic) bond motifs is 1. The Hall–Kier alpha value is -2.87. The molecule has 8 nitrogen and oxygen atoms in total. The number of allylic oxidation sites excluding steroid dienone is 2. The van der Waals surface area contributed by atoms with Crippen molar-refractivity contribution in [2.75, 3.05) is 12.4 Å². The number of nitrogens with one attached hydrogen (secondary N) is 1. The van der Waals surface area contributed by atoms with Crippen molar-refractivity contribution in [3.63, 3.8) is 0 Å². The van der Waals surface area contributed by atoms with Crippen LogP contribution in [-0.2, 0) is 23.9 Å². The SMILES string of the molecule is COc1ccc(Cl)cc1NC(=O)C(C)OC(=O)C(CC(C)C)N1C(=O)C2CC=CCC2C1=O. The minimum absolute atomic E-state index is 0.0174. The molecule has 1 aliphatic heterocycles. The molecule has 0 bridgehead atoms. The number of hydrogen-bond acceptors (Lipinski definition) is 6. The monoisotopic (exact) mass is 476 g/mol. The Kier molecular flexibility index (Phi) is 7.79. The maximum Gasteiger partial charge on any atom is 0.330 e. The number of methoxy groups -OCH3 is 1. The Morgan fingerprint density at radius 1 is 1.12 bits per heavy atom. The Labute approximate surface area is 198 Å². The summed E-state index contributed by atoms with van der Waals surface area (Å²) in [6.45, 7) is 5.21. The molecule has 4 atom stereocenters. The summed E-state index contributed by atoms with van der Waals surface area (Å²) in [5.74, 6) is -2.54. The van der Waals surface area contributed by atoms with Gasteiger partial charge in [0.15, 0.2) is 6.10 Å².